The maximum absolute atomic E-state index is 12.3. The van der Waals surface area contributed by atoms with Crippen molar-refractivity contribution in [1.29, 1.82) is 0 Å². The summed E-state index contributed by atoms with van der Waals surface area (Å²) in [4.78, 5) is 0. The number of alkyl halides is 5. The molecule has 0 unspecified atom stereocenters. The van der Waals surface area contributed by atoms with Gasteiger partial charge in [0.25, 0.3) is 5.92 Å². The molecule has 0 aliphatic carbocycles. The average Bonchev–Trinajstić information content (AvgIpc) is 2.02. The summed E-state index contributed by atoms with van der Waals surface area (Å²) in [5, 5.41) is 0. The van der Waals surface area contributed by atoms with Crippen molar-refractivity contribution in [3.05, 3.63) is 6.92 Å². The van der Waals surface area contributed by atoms with E-state index >= 15 is 0 Å². The maximum Gasteiger partial charge on any atom is 0.276 e. The van der Waals surface area contributed by atoms with Gasteiger partial charge in [0, 0.05) is 19.3 Å². The molecule has 73 valence electrons. The van der Waals surface area contributed by atoms with Crippen molar-refractivity contribution in [3.63, 3.8) is 0 Å². The van der Waals surface area contributed by atoms with E-state index in [1.807, 2.05) is 0 Å². The Balaban J connectivity index is 3.82. The van der Waals surface area contributed by atoms with Crippen molar-refractivity contribution >= 4 is 0 Å². The Kier molecular flexibility index (Phi) is 3.93. The molecule has 5 heteroatoms. The summed E-state index contributed by atoms with van der Waals surface area (Å²) in [6.07, 6.45) is -2.89. The topological polar surface area (TPSA) is 0 Å². The Morgan fingerprint density at radius 3 is 1.67 bits per heavy atom. The first-order valence-electron chi connectivity index (χ1n) is 3.44. The molecule has 0 amide bonds. The van der Waals surface area contributed by atoms with Crippen LogP contribution in [0, 0.1) is 6.92 Å². The second-order valence-electron chi connectivity index (χ2n) is 2.60. The van der Waals surface area contributed by atoms with Crippen LogP contribution in [0.4, 0.5) is 22.0 Å². The molecule has 0 aromatic heterocycles. The van der Waals surface area contributed by atoms with Crippen LogP contribution >= 0.6 is 0 Å². The Bertz CT molecular complexity index is 116. The summed E-state index contributed by atoms with van der Waals surface area (Å²) in [5.74, 6) is -6.84. The van der Waals surface area contributed by atoms with E-state index in [1.54, 1.807) is 0 Å². The summed E-state index contributed by atoms with van der Waals surface area (Å²) in [7, 11) is 0. The quantitative estimate of drug-likeness (QED) is 0.582. The van der Waals surface area contributed by atoms with E-state index in [9.17, 15) is 22.0 Å². The van der Waals surface area contributed by atoms with Gasteiger partial charge >= 0.3 is 0 Å². The van der Waals surface area contributed by atoms with E-state index in [0.29, 0.717) is 0 Å². The maximum atomic E-state index is 12.3. The lowest BCUT2D eigenvalue weighted by molar-refractivity contribution is -0.0718. The lowest BCUT2D eigenvalue weighted by atomic mass is 10.1. The zero-order valence-electron chi connectivity index (χ0n) is 6.43. The molecule has 0 spiro atoms. The summed E-state index contributed by atoms with van der Waals surface area (Å²) >= 11 is 0. The minimum atomic E-state index is -3.63. The van der Waals surface area contributed by atoms with Crippen molar-refractivity contribution in [2.75, 3.05) is 6.67 Å². The van der Waals surface area contributed by atoms with E-state index in [0.717, 1.165) is 0 Å². The van der Waals surface area contributed by atoms with Crippen molar-refractivity contribution in [2.24, 2.45) is 0 Å². The van der Waals surface area contributed by atoms with Gasteiger partial charge in [0.2, 0.25) is 5.92 Å². The number of rotatable bonds is 5. The van der Waals surface area contributed by atoms with Crippen LogP contribution in [0.3, 0.4) is 0 Å². The molecular weight excluding hydrogens is 179 g/mol. The van der Waals surface area contributed by atoms with Crippen molar-refractivity contribution in [1.82, 2.24) is 0 Å². The minimum absolute atomic E-state index is 0.741. The molecule has 0 heterocycles. The molecule has 0 fully saturated rings. The predicted molar refractivity (Wildman–Crippen MR) is 35.1 cm³/mol. The normalized spacial score (nSPS) is 13.5. The molecule has 0 aromatic carbocycles. The van der Waals surface area contributed by atoms with Gasteiger partial charge in [0.05, 0.1) is 0 Å². The first kappa shape index (κ1) is 11.6. The molecule has 0 nitrogen and oxygen atoms in total. The number of hydrogen-bond donors (Lipinski definition) is 0. The fourth-order valence-corrected chi connectivity index (χ4v) is 0.558. The summed E-state index contributed by atoms with van der Waals surface area (Å²) < 4.78 is 60.2. The van der Waals surface area contributed by atoms with Gasteiger partial charge in [-0.15, -0.1) is 0 Å². The monoisotopic (exact) mass is 189 g/mol. The standard InChI is InChI=1S/C7H10F5/c1-2-6(9,10)3-4-7(11,12)5-8/h1-5H2. The predicted octanol–water partition coefficient (Wildman–Crippen LogP) is 3.23. The van der Waals surface area contributed by atoms with E-state index in [1.165, 1.54) is 0 Å². The Labute approximate surface area is 67.8 Å². The second-order valence-corrected chi connectivity index (χ2v) is 2.60. The van der Waals surface area contributed by atoms with Crippen LogP contribution in [0.25, 0.3) is 0 Å². The number of hydrogen-bond acceptors (Lipinski definition) is 0. The van der Waals surface area contributed by atoms with Crippen molar-refractivity contribution in [3.8, 4) is 0 Å². The molecule has 0 aliphatic rings. The summed E-state index contributed by atoms with van der Waals surface area (Å²) in [6.45, 7) is 1.01. The van der Waals surface area contributed by atoms with Crippen LogP contribution in [-0.2, 0) is 0 Å². The molecule has 0 rings (SSSR count). The highest BCUT2D eigenvalue weighted by Crippen LogP contribution is 2.30. The van der Waals surface area contributed by atoms with Crippen LogP contribution in [0.15, 0.2) is 0 Å². The van der Waals surface area contributed by atoms with Crippen molar-refractivity contribution in [2.45, 2.75) is 31.1 Å². The third-order valence-corrected chi connectivity index (χ3v) is 1.42. The van der Waals surface area contributed by atoms with Crippen LogP contribution in [0.5, 0.6) is 0 Å². The van der Waals surface area contributed by atoms with Crippen molar-refractivity contribution < 1.29 is 22.0 Å². The third kappa shape index (κ3) is 4.51. The second kappa shape index (κ2) is 4.05. The largest absolute Gasteiger partial charge is 0.276 e. The SMILES string of the molecule is [CH2]CC(F)(F)CCC(F)(F)CF. The van der Waals surface area contributed by atoms with Gasteiger partial charge in [0.15, 0.2) is 6.67 Å². The van der Waals surface area contributed by atoms with Gasteiger partial charge in [-0.3, -0.25) is 0 Å². The summed E-state index contributed by atoms with van der Waals surface area (Å²) in [5.41, 5.74) is 0. The van der Waals surface area contributed by atoms with E-state index in [2.05, 4.69) is 6.92 Å². The molecular formula is C7H10F5. The molecule has 0 saturated heterocycles. The van der Waals surface area contributed by atoms with Crippen LogP contribution < -0.4 is 0 Å². The molecule has 0 atom stereocenters. The summed E-state index contributed by atoms with van der Waals surface area (Å²) in [6, 6.07) is 0. The van der Waals surface area contributed by atoms with Gasteiger partial charge in [-0.1, -0.05) is 0 Å². The molecule has 0 bridgehead atoms. The molecule has 0 aliphatic heterocycles. The Morgan fingerprint density at radius 2 is 1.33 bits per heavy atom. The van der Waals surface area contributed by atoms with Gasteiger partial charge < -0.3 is 0 Å². The number of halogens is 5. The fraction of sp³-hybridized carbons (Fsp3) is 0.857. The third-order valence-electron chi connectivity index (χ3n) is 1.42. The van der Waals surface area contributed by atoms with Gasteiger partial charge in [-0.05, 0) is 6.92 Å². The Morgan fingerprint density at radius 1 is 0.917 bits per heavy atom. The van der Waals surface area contributed by atoms with Crippen LogP contribution in [-0.4, -0.2) is 18.5 Å². The fourth-order valence-electron chi connectivity index (χ4n) is 0.558. The van der Waals surface area contributed by atoms with E-state index < -0.39 is 37.8 Å². The molecule has 1 radical (unpaired) electrons. The van der Waals surface area contributed by atoms with Crippen LogP contribution in [0.2, 0.25) is 0 Å². The van der Waals surface area contributed by atoms with Crippen LogP contribution in [0.1, 0.15) is 19.3 Å². The van der Waals surface area contributed by atoms with Gasteiger partial charge in [-0.2, -0.15) is 0 Å². The Hall–Kier alpha value is -0.350. The lowest BCUT2D eigenvalue weighted by Gasteiger charge is -2.17. The zero-order chi connectivity index (χ0) is 9.83. The molecule has 12 heavy (non-hydrogen) atoms. The smallest absolute Gasteiger partial charge is 0.244 e. The highest BCUT2D eigenvalue weighted by molar-refractivity contribution is 4.73. The highest BCUT2D eigenvalue weighted by atomic mass is 19.3. The highest BCUT2D eigenvalue weighted by Gasteiger charge is 2.35. The van der Waals surface area contributed by atoms with Gasteiger partial charge in [-0.25, -0.2) is 22.0 Å². The van der Waals surface area contributed by atoms with Gasteiger partial charge in [0.1, 0.15) is 0 Å². The molecule has 0 aromatic rings. The zero-order valence-corrected chi connectivity index (χ0v) is 6.43. The molecule has 0 N–H and O–H groups in total. The van der Waals surface area contributed by atoms with E-state index in [4.69, 9.17) is 0 Å². The minimum Gasteiger partial charge on any atom is -0.244 e. The first-order chi connectivity index (χ1) is 5.33. The molecule has 0 saturated carbocycles. The lowest BCUT2D eigenvalue weighted by Crippen LogP contribution is -2.24. The van der Waals surface area contributed by atoms with E-state index in [-0.39, 0.29) is 0 Å². The first-order valence-corrected chi connectivity index (χ1v) is 3.44. The average molecular weight is 189 g/mol.